The van der Waals surface area contributed by atoms with E-state index in [4.69, 9.17) is 18.9 Å². The standard InChI is InChI=1S/C15H29NO5/c1-15(2,3)14(17)16-4-6-18-8-10-20-12-13-21-11-9-19-7-5-16/h4-13H2,1-3H3. The van der Waals surface area contributed by atoms with Crippen LogP contribution in [-0.2, 0) is 23.7 Å². The number of rotatable bonds is 0. The molecule has 0 aromatic rings. The molecular formula is C15H29NO5. The van der Waals surface area contributed by atoms with Crippen molar-refractivity contribution in [3.8, 4) is 0 Å². The molecule has 1 rings (SSSR count). The fourth-order valence-corrected chi connectivity index (χ4v) is 1.90. The zero-order valence-corrected chi connectivity index (χ0v) is 13.6. The van der Waals surface area contributed by atoms with Crippen LogP contribution in [0.4, 0.5) is 0 Å². The summed E-state index contributed by atoms with van der Waals surface area (Å²) in [6.45, 7) is 11.3. The molecule has 6 nitrogen and oxygen atoms in total. The van der Waals surface area contributed by atoms with Gasteiger partial charge in [-0.1, -0.05) is 20.8 Å². The molecular weight excluding hydrogens is 274 g/mol. The largest absolute Gasteiger partial charge is 0.377 e. The van der Waals surface area contributed by atoms with Crippen molar-refractivity contribution in [1.29, 1.82) is 0 Å². The Labute approximate surface area is 127 Å². The number of hydrogen-bond donors (Lipinski definition) is 0. The Morgan fingerprint density at radius 2 is 1.05 bits per heavy atom. The van der Waals surface area contributed by atoms with Gasteiger partial charge in [-0.2, -0.15) is 0 Å². The third-order valence-corrected chi connectivity index (χ3v) is 3.06. The van der Waals surface area contributed by atoms with E-state index < -0.39 is 5.41 Å². The maximum absolute atomic E-state index is 12.4. The van der Waals surface area contributed by atoms with Crippen LogP contribution in [0.3, 0.4) is 0 Å². The monoisotopic (exact) mass is 303 g/mol. The van der Waals surface area contributed by atoms with Gasteiger partial charge < -0.3 is 23.8 Å². The zero-order valence-electron chi connectivity index (χ0n) is 13.6. The molecule has 0 radical (unpaired) electrons. The SMILES string of the molecule is CC(C)(C)C(=O)N1CCOCCOCCOCCOCC1. The van der Waals surface area contributed by atoms with Crippen LogP contribution >= 0.6 is 0 Å². The first-order valence-electron chi connectivity index (χ1n) is 7.62. The van der Waals surface area contributed by atoms with Crippen LogP contribution in [0.15, 0.2) is 0 Å². The molecule has 6 heteroatoms. The van der Waals surface area contributed by atoms with E-state index in [0.717, 1.165) is 0 Å². The van der Waals surface area contributed by atoms with Crippen LogP contribution in [0.5, 0.6) is 0 Å². The lowest BCUT2D eigenvalue weighted by Crippen LogP contribution is -2.43. The van der Waals surface area contributed by atoms with Crippen molar-refractivity contribution in [1.82, 2.24) is 4.90 Å². The normalized spacial score (nSPS) is 21.4. The van der Waals surface area contributed by atoms with Crippen LogP contribution in [0.1, 0.15) is 20.8 Å². The van der Waals surface area contributed by atoms with Gasteiger partial charge in [-0.05, 0) is 0 Å². The van der Waals surface area contributed by atoms with Crippen LogP contribution < -0.4 is 0 Å². The number of carbonyl (C=O) groups excluding carboxylic acids is 1. The van der Waals surface area contributed by atoms with E-state index in [2.05, 4.69) is 0 Å². The number of nitrogens with zero attached hydrogens (tertiary/aromatic N) is 1. The fraction of sp³-hybridized carbons (Fsp3) is 0.933. The number of ether oxygens (including phenoxy) is 4. The molecule has 0 atom stereocenters. The van der Waals surface area contributed by atoms with Crippen molar-refractivity contribution >= 4 is 5.91 Å². The minimum atomic E-state index is -0.394. The molecule has 0 N–H and O–H groups in total. The maximum Gasteiger partial charge on any atom is 0.228 e. The Kier molecular flexibility index (Phi) is 8.84. The van der Waals surface area contributed by atoms with Gasteiger partial charge in [-0.25, -0.2) is 0 Å². The number of amides is 1. The third-order valence-electron chi connectivity index (χ3n) is 3.06. The average Bonchev–Trinajstić information content (AvgIpc) is 2.43. The zero-order chi connectivity index (χ0) is 15.6. The molecule has 1 amide bonds. The van der Waals surface area contributed by atoms with E-state index >= 15 is 0 Å². The second-order valence-corrected chi connectivity index (χ2v) is 5.99. The quantitative estimate of drug-likeness (QED) is 0.666. The second kappa shape index (κ2) is 10.1. The van der Waals surface area contributed by atoms with E-state index in [1.807, 2.05) is 20.8 Å². The van der Waals surface area contributed by atoms with Crippen molar-refractivity contribution in [2.45, 2.75) is 20.8 Å². The van der Waals surface area contributed by atoms with Crippen molar-refractivity contribution in [2.24, 2.45) is 5.41 Å². The first kappa shape index (κ1) is 18.4. The van der Waals surface area contributed by atoms with E-state index in [-0.39, 0.29) is 5.91 Å². The van der Waals surface area contributed by atoms with Crippen molar-refractivity contribution in [3.05, 3.63) is 0 Å². The molecule has 1 saturated heterocycles. The predicted molar refractivity (Wildman–Crippen MR) is 79.3 cm³/mol. The molecule has 0 spiro atoms. The molecule has 1 aliphatic heterocycles. The first-order valence-corrected chi connectivity index (χ1v) is 7.62. The Morgan fingerprint density at radius 1 is 0.714 bits per heavy atom. The Morgan fingerprint density at radius 3 is 1.38 bits per heavy atom. The second-order valence-electron chi connectivity index (χ2n) is 5.99. The van der Waals surface area contributed by atoms with Gasteiger partial charge in [0, 0.05) is 18.5 Å². The third kappa shape index (κ3) is 8.36. The van der Waals surface area contributed by atoms with Crippen LogP contribution in [0, 0.1) is 5.41 Å². The molecule has 0 aromatic carbocycles. The Bertz CT molecular complexity index is 274. The highest BCUT2D eigenvalue weighted by atomic mass is 16.6. The number of hydrogen-bond acceptors (Lipinski definition) is 5. The average molecular weight is 303 g/mol. The van der Waals surface area contributed by atoms with Crippen molar-refractivity contribution in [3.63, 3.8) is 0 Å². The molecule has 0 bridgehead atoms. The van der Waals surface area contributed by atoms with Gasteiger partial charge >= 0.3 is 0 Å². The summed E-state index contributed by atoms with van der Waals surface area (Å²) < 4.78 is 21.7. The van der Waals surface area contributed by atoms with Crippen molar-refractivity contribution < 1.29 is 23.7 Å². The molecule has 0 unspecified atom stereocenters. The highest BCUT2D eigenvalue weighted by Crippen LogP contribution is 2.17. The first-order chi connectivity index (χ1) is 10.0. The van der Waals surface area contributed by atoms with Gasteiger partial charge in [-0.3, -0.25) is 4.79 Å². The maximum atomic E-state index is 12.4. The summed E-state index contributed by atoms with van der Waals surface area (Å²) in [6, 6.07) is 0. The summed E-state index contributed by atoms with van der Waals surface area (Å²) in [6.07, 6.45) is 0. The molecule has 124 valence electrons. The predicted octanol–water partition coefficient (Wildman–Crippen LogP) is 0.941. The summed E-state index contributed by atoms with van der Waals surface area (Å²) in [4.78, 5) is 14.2. The summed E-state index contributed by atoms with van der Waals surface area (Å²) >= 11 is 0. The Balaban J connectivity index is 2.45. The molecule has 1 fully saturated rings. The molecule has 1 aliphatic rings. The molecule has 0 saturated carbocycles. The molecule has 1 heterocycles. The van der Waals surface area contributed by atoms with Gasteiger partial charge in [0.05, 0.1) is 52.9 Å². The molecule has 21 heavy (non-hydrogen) atoms. The number of carbonyl (C=O) groups is 1. The van der Waals surface area contributed by atoms with Gasteiger partial charge in [0.1, 0.15) is 0 Å². The molecule has 0 aromatic heterocycles. The minimum absolute atomic E-state index is 0.117. The van der Waals surface area contributed by atoms with E-state index in [1.165, 1.54) is 0 Å². The van der Waals surface area contributed by atoms with Gasteiger partial charge in [-0.15, -0.1) is 0 Å². The lowest BCUT2D eigenvalue weighted by molar-refractivity contribution is -0.141. The topological polar surface area (TPSA) is 57.2 Å². The smallest absolute Gasteiger partial charge is 0.228 e. The van der Waals surface area contributed by atoms with Crippen LogP contribution in [0.2, 0.25) is 0 Å². The summed E-state index contributed by atoms with van der Waals surface area (Å²) in [5, 5.41) is 0. The summed E-state index contributed by atoms with van der Waals surface area (Å²) in [5.41, 5.74) is -0.394. The van der Waals surface area contributed by atoms with Gasteiger partial charge in [0.15, 0.2) is 0 Å². The van der Waals surface area contributed by atoms with Crippen molar-refractivity contribution in [2.75, 3.05) is 65.9 Å². The van der Waals surface area contributed by atoms with E-state index in [1.54, 1.807) is 4.90 Å². The van der Waals surface area contributed by atoms with Crippen LogP contribution in [0.25, 0.3) is 0 Å². The van der Waals surface area contributed by atoms with E-state index in [0.29, 0.717) is 65.9 Å². The molecule has 0 aliphatic carbocycles. The van der Waals surface area contributed by atoms with Gasteiger partial charge in [0.2, 0.25) is 5.91 Å². The highest BCUT2D eigenvalue weighted by Gasteiger charge is 2.26. The Hall–Kier alpha value is -0.690. The summed E-state index contributed by atoms with van der Waals surface area (Å²) in [5.74, 6) is 0.117. The van der Waals surface area contributed by atoms with Gasteiger partial charge in [0.25, 0.3) is 0 Å². The summed E-state index contributed by atoms with van der Waals surface area (Å²) in [7, 11) is 0. The minimum Gasteiger partial charge on any atom is -0.377 e. The lowest BCUT2D eigenvalue weighted by Gasteiger charge is -2.29. The highest BCUT2D eigenvalue weighted by molar-refractivity contribution is 5.81. The fourth-order valence-electron chi connectivity index (χ4n) is 1.90. The lowest BCUT2D eigenvalue weighted by atomic mass is 9.95. The van der Waals surface area contributed by atoms with Crippen LogP contribution in [-0.4, -0.2) is 76.8 Å². The van der Waals surface area contributed by atoms with E-state index in [9.17, 15) is 4.79 Å².